The molecule has 0 aliphatic carbocycles. The van der Waals surface area contributed by atoms with Gasteiger partial charge in [0.1, 0.15) is 10.5 Å². The Morgan fingerprint density at radius 2 is 1.71 bits per heavy atom. The first-order valence-corrected chi connectivity index (χ1v) is 5.10. The first kappa shape index (κ1) is 11.8. The Hall–Kier alpha value is -1.69. The minimum absolute atomic E-state index is 0.450. The van der Waals surface area contributed by atoms with Gasteiger partial charge in [0.2, 0.25) is 0 Å². The third-order valence-electron chi connectivity index (χ3n) is 2.16. The maximum atomic E-state index is 12.3. The highest BCUT2D eigenvalue weighted by Gasteiger charge is 2.29. The number of nitrogens with zero attached hydrogens (tertiary/aromatic N) is 1. The van der Waals surface area contributed by atoms with Crippen molar-refractivity contribution in [2.24, 2.45) is 0 Å². The van der Waals surface area contributed by atoms with Crippen LogP contribution >= 0.6 is 12.2 Å². The van der Waals surface area contributed by atoms with Crippen molar-refractivity contribution in [2.45, 2.75) is 6.18 Å². The third kappa shape index (κ3) is 2.71. The summed E-state index contributed by atoms with van der Waals surface area (Å²) in [6, 6.07) is 6.34. The molecule has 1 N–H and O–H groups in total. The second-order valence-electron chi connectivity index (χ2n) is 3.36. The van der Waals surface area contributed by atoms with E-state index in [1.54, 1.807) is 6.07 Å². The van der Waals surface area contributed by atoms with E-state index in [2.05, 4.69) is 9.97 Å². The molecule has 0 aliphatic heterocycles. The summed E-state index contributed by atoms with van der Waals surface area (Å²) >= 11 is 4.91. The van der Waals surface area contributed by atoms with Crippen LogP contribution in [0.25, 0.3) is 11.4 Å². The highest BCUT2D eigenvalue weighted by Crippen LogP contribution is 2.30. The Kier molecular flexibility index (Phi) is 2.97. The number of hydrogen-bond acceptors (Lipinski definition) is 2. The van der Waals surface area contributed by atoms with Gasteiger partial charge in [-0.15, -0.1) is 0 Å². The largest absolute Gasteiger partial charge is 0.416 e. The molecular weight excluding hydrogens is 249 g/mol. The molecule has 0 unspecified atom stereocenters. The lowest BCUT2D eigenvalue weighted by atomic mass is 10.1. The van der Waals surface area contributed by atoms with Crippen LogP contribution in [0.4, 0.5) is 13.2 Å². The van der Waals surface area contributed by atoms with E-state index in [-0.39, 0.29) is 0 Å². The molecule has 0 fully saturated rings. The van der Waals surface area contributed by atoms with Gasteiger partial charge < -0.3 is 4.98 Å². The standard InChI is InChI=1S/C11H7F3N2S/c12-11(13,14)8-3-1-7(2-4-8)10-15-6-5-9(17)16-10/h1-6H,(H,15,16,17). The first-order chi connectivity index (χ1) is 7.97. The summed E-state index contributed by atoms with van der Waals surface area (Å²) in [7, 11) is 0. The van der Waals surface area contributed by atoms with Gasteiger partial charge >= 0.3 is 6.18 Å². The van der Waals surface area contributed by atoms with Crippen LogP contribution in [-0.2, 0) is 6.18 Å². The van der Waals surface area contributed by atoms with Crippen molar-refractivity contribution in [2.75, 3.05) is 0 Å². The molecule has 2 rings (SSSR count). The predicted octanol–water partition coefficient (Wildman–Crippen LogP) is 3.82. The molecule has 0 saturated carbocycles. The topological polar surface area (TPSA) is 28.7 Å². The lowest BCUT2D eigenvalue weighted by Gasteiger charge is -2.07. The van der Waals surface area contributed by atoms with Gasteiger partial charge in [0, 0.05) is 11.8 Å². The number of rotatable bonds is 1. The van der Waals surface area contributed by atoms with Gasteiger partial charge in [-0.05, 0) is 18.2 Å². The van der Waals surface area contributed by atoms with Crippen molar-refractivity contribution in [3.05, 3.63) is 46.7 Å². The molecule has 17 heavy (non-hydrogen) atoms. The quantitative estimate of drug-likeness (QED) is 0.786. The summed E-state index contributed by atoms with van der Waals surface area (Å²) in [5.41, 5.74) is -0.125. The Morgan fingerprint density at radius 3 is 2.24 bits per heavy atom. The van der Waals surface area contributed by atoms with E-state index in [0.717, 1.165) is 12.1 Å². The second-order valence-corrected chi connectivity index (χ2v) is 3.80. The van der Waals surface area contributed by atoms with E-state index in [4.69, 9.17) is 12.2 Å². The number of hydrogen-bond donors (Lipinski definition) is 1. The molecule has 2 aromatic rings. The summed E-state index contributed by atoms with van der Waals surface area (Å²) in [6.07, 6.45) is -2.82. The minimum Gasteiger partial charge on any atom is -0.331 e. The number of nitrogens with one attached hydrogen (secondary N) is 1. The smallest absolute Gasteiger partial charge is 0.331 e. The van der Waals surface area contributed by atoms with Crippen molar-refractivity contribution in [3.8, 4) is 11.4 Å². The number of aromatic amines is 1. The molecule has 0 radical (unpaired) electrons. The van der Waals surface area contributed by atoms with Crippen LogP contribution in [0.15, 0.2) is 36.5 Å². The Labute approximate surface area is 100 Å². The highest BCUT2D eigenvalue weighted by atomic mass is 32.1. The van der Waals surface area contributed by atoms with E-state index in [9.17, 15) is 13.2 Å². The maximum absolute atomic E-state index is 12.3. The van der Waals surface area contributed by atoms with Gasteiger partial charge in [-0.2, -0.15) is 13.2 Å². The zero-order chi connectivity index (χ0) is 12.5. The molecule has 1 aromatic carbocycles. The third-order valence-corrected chi connectivity index (χ3v) is 2.39. The van der Waals surface area contributed by atoms with E-state index < -0.39 is 11.7 Å². The van der Waals surface area contributed by atoms with Gasteiger partial charge in [-0.1, -0.05) is 24.4 Å². The van der Waals surface area contributed by atoms with Gasteiger partial charge in [0.05, 0.1) is 5.56 Å². The molecule has 0 spiro atoms. The molecule has 2 nitrogen and oxygen atoms in total. The molecule has 1 heterocycles. The second kappa shape index (κ2) is 4.29. The van der Waals surface area contributed by atoms with Crippen LogP contribution in [0.2, 0.25) is 0 Å². The van der Waals surface area contributed by atoms with Crippen molar-refractivity contribution < 1.29 is 13.2 Å². The summed E-state index contributed by atoms with van der Waals surface area (Å²) in [6.45, 7) is 0. The van der Waals surface area contributed by atoms with Crippen LogP contribution in [-0.4, -0.2) is 9.97 Å². The molecule has 0 atom stereocenters. The summed E-state index contributed by atoms with van der Waals surface area (Å²) < 4.78 is 37.5. The van der Waals surface area contributed by atoms with Crippen molar-refractivity contribution in [3.63, 3.8) is 0 Å². The molecule has 0 aliphatic rings. The van der Waals surface area contributed by atoms with E-state index in [1.165, 1.54) is 18.3 Å². The monoisotopic (exact) mass is 256 g/mol. The number of aromatic nitrogens is 2. The highest BCUT2D eigenvalue weighted by molar-refractivity contribution is 7.71. The normalized spacial score (nSPS) is 11.5. The molecule has 0 amide bonds. The zero-order valence-corrected chi connectivity index (χ0v) is 9.27. The molecule has 0 bridgehead atoms. The molecule has 0 saturated heterocycles. The van der Waals surface area contributed by atoms with Crippen LogP contribution in [0, 0.1) is 4.64 Å². The Morgan fingerprint density at radius 1 is 1.06 bits per heavy atom. The average molecular weight is 256 g/mol. The van der Waals surface area contributed by atoms with Crippen LogP contribution in [0.1, 0.15) is 5.56 Å². The number of halogens is 3. The SMILES string of the molecule is FC(F)(F)c1ccc(-c2nccc(=S)[nH]2)cc1. The fraction of sp³-hybridized carbons (Fsp3) is 0.0909. The number of H-pyrrole nitrogens is 1. The van der Waals surface area contributed by atoms with Gasteiger partial charge in [0.15, 0.2) is 0 Å². The maximum Gasteiger partial charge on any atom is 0.416 e. The van der Waals surface area contributed by atoms with E-state index in [0.29, 0.717) is 16.0 Å². The van der Waals surface area contributed by atoms with Crippen molar-refractivity contribution in [1.82, 2.24) is 9.97 Å². The lowest BCUT2D eigenvalue weighted by molar-refractivity contribution is -0.137. The fourth-order valence-electron chi connectivity index (χ4n) is 1.33. The van der Waals surface area contributed by atoms with Gasteiger partial charge in [-0.3, -0.25) is 0 Å². The predicted molar refractivity (Wildman–Crippen MR) is 59.9 cm³/mol. The van der Waals surface area contributed by atoms with Crippen LogP contribution < -0.4 is 0 Å². The molecular formula is C11H7F3N2S. The summed E-state index contributed by atoms with van der Waals surface area (Å²) in [5, 5.41) is 0. The fourth-order valence-corrected chi connectivity index (χ4v) is 1.49. The summed E-state index contributed by atoms with van der Waals surface area (Å²) in [4.78, 5) is 6.80. The van der Waals surface area contributed by atoms with E-state index >= 15 is 0 Å². The van der Waals surface area contributed by atoms with E-state index in [1.807, 2.05) is 0 Å². The Balaban J connectivity index is 2.39. The van der Waals surface area contributed by atoms with Crippen molar-refractivity contribution >= 4 is 12.2 Å². The number of benzene rings is 1. The van der Waals surface area contributed by atoms with Crippen molar-refractivity contribution in [1.29, 1.82) is 0 Å². The lowest BCUT2D eigenvalue weighted by Crippen LogP contribution is -2.04. The van der Waals surface area contributed by atoms with Gasteiger partial charge in [0.25, 0.3) is 0 Å². The summed E-state index contributed by atoms with van der Waals surface area (Å²) in [5.74, 6) is 0.450. The first-order valence-electron chi connectivity index (χ1n) is 4.70. The zero-order valence-electron chi connectivity index (χ0n) is 8.45. The van der Waals surface area contributed by atoms with Gasteiger partial charge in [-0.25, -0.2) is 4.98 Å². The molecule has 1 aromatic heterocycles. The van der Waals surface area contributed by atoms with Crippen LogP contribution in [0.3, 0.4) is 0 Å². The average Bonchev–Trinajstić information content (AvgIpc) is 2.28. The minimum atomic E-state index is -4.32. The number of alkyl halides is 3. The molecule has 6 heteroatoms. The van der Waals surface area contributed by atoms with Crippen LogP contribution in [0.5, 0.6) is 0 Å². The molecule has 88 valence electrons. The Bertz CT molecular complexity index is 572.